The maximum atomic E-state index is 6.36. The van der Waals surface area contributed by atoms with Gasteiger partial charge in [0.25, 0.3) is 0 Å². The van der Waals surface area contributed by atoms with Gasteiger partial charge in [-0.2, -0.15) is 0 Å². The summed E-state index contributed by atoms with van der Waals surface area (Å²) in [6.45, 7) is 4.01. The van der Waals surface area contributed by atoms with Crippen LogP contribution in [-0.4, -0.2) is 24.0 Å². The maximum absolute atomic E-state index is 6.36. The van der Waals surface area contributed by atoms with Gasteiger partial charge in [0.05, 0.1) is 0 Å². The lowest BCUT2D eigenvalue weighted by Crippen LogP contribution is -2.47. The monoisotopic (exact) mass is 390 g/mol. The van der Waals surface area contributed by atoms with Crippen LogP contribution in [0.25, 0.3) is 0 Å². The minimum absolute atomic E-state index is 0.450. The predicted octanol–water partition coefficient (Wildman–Crippen LogP) is 5.49. The van der Waals surface area contributed by atoms with Crippen molar-refractivity contribution in [3.05, 3.63) is 107 Å². The van der Waals surface area contributed by atoms with Crippen molar-refractivity contribution in [2.24, 2.45) is 0 Å². The van der Waals surface area contributed by atoms with Gasteiger partial charge < -0.3 is 5.32 Å². The molecule has 2 atom stereocenters. The van der Waals surface area contributed by atoms with Gasteiger partial charge in [-0.25, -0.2) is 0 Å². The smallest absolute Gasteiger partial charge is 0.0450 e. The molecule has 1 fully saturated rings. The predicted molar refractivity (Wildman–Crippen MR) is 118 cm³/mol. The largest absolute Gasteiger partial charge is 0.309 e. The molecule has 0 amide bonds. The molecule has 0 bridgehead atoms. The van der Waals surface area contributed by atoms with Gasteiger partial charge in [0.15, 0.2) is 0 Å². The first-order valence-electron chi connectivity index (χ1n) is 10.1. The molecule has 2 nitrogen and oxygen atoms in total. The van der Waals surface area contributed by atoms with Crippen molar-refractivity contribution in [1.29, 1.82) is 0 Å². The fourth-order valence-corrected chi connectivity index (χ4v) is 4.37. The van der Waals surface area contributed by atoms with Gasteiger partial charge in [-0.1, -0.05) is 90.5 Å². The summed E-state index contributed by atoms with van der Waals surface area (Å²) in [7, 11) is 0. The Morgan fingerprint density at radius 1 is 0.857 bits per heavy atom. The van der Waals surface area contributed by atoms with Crippen LogP contribution in [0.1, 0.15) is 29.0 Å². The Hall–Kier alpha value is -2.13. The molecular formula is C25H27ClN2. The van der Waals surface area contributed by atoms with Crippen LogP contribution in [0.3, 0.4) is 0 Å². The Morgan fingerprint density at radius 3 is 2.29 bits per heavy atom. The van der Waals surface area contributed by atoms with E-state index in [4.69, 9.17) is 11.6 Å². The summed E-state index contributed by atoms with van der Waals surface area (Å²) in [6.07, 6.45) is 1.14. The van der Waals surface area contributed by atoms with E-state index in [0.717, 1.165) is 37.6 Å². The van der Waals surface area contributed by atoms with Gasteiger partial charge in [-0.05, 0) is 29.2 Å². The highest BCUT2D eigenvalue weighted by molar-refractivity contribution is 6.31. The maximum Gasteiger partial charge on any atom is 0.0450 e. The second kappa shape index (κ2) is 9.38. The Bertz CT molecular complexity index is 866. The molecule has 1 aliphatic rings. The molecular weight excluding hydrogens is 364 g/mol. The quantitative estimate of drug-likeness (QED) is 0.598. The number of hydrogen-bond donors (Lipinski definition) is 1. The van der Waals surface area contributed by atoms with Crippen molar-refractivity contribution in [2.45, 2.75) is 31.5 Å². The van der Waals surface area contributed by atoms with Gasteiger partial charge in [-0.15, -0.1) is 0 Å². The van der Waals surface area contributed by atoms with E-state index < -0.39 is 0 Å². The summed E-state index contributed by atoms with van der Waals surface area (Å²) in [5.41, 5.74) is 3.97. The highest BCUT2D eigenvalue weighted by Gasteiger charge is 2.30. The third-order valence-electron chi connectivity index (χ3n) is 5.69. The van der Waals surface area contributed by atoms with Crippen molar-refractivity contribution in [1.82, 2.24) is 10.2 Å². The molecule has 1 heterocycles. The number of halogens is 1. The van der Waals surface area contributed by atoms with Crippen molar-refractivity contribution in [3.63, 3.8) is 0 Å². The summed E-state index contributed by atoms with van der Waals surface area (Å²) in [5, 5.41) is 4.64. The van der Waals surface area contributed by atoms with E-state index in [1.54, 1.807) is 0 Å². The Morgan fingerprint density at radius 2 is 1.54 bits per heavy atom. The van der Waals surface area contributed by atoms with Crippen LogP contribution in [0.4, 0.5) is 0 Å². The number of nitrogens with zero attached hydrogens (tertiary/aromatic N) is 1. The van der Waals surface area contributed by atoms with Crippen LogP contribution >= 0.6 is 11.6 Å². The second-order valence-electron chi connectivity index (χ2n) is 7.61. The highest BCUT2D eigenvalue weighted by Crippen LogP contribution is 2.29. The van der Waals surface area contributed by atoms with E-state index in [0.29, 0.717) is 12.0 Å². The number of rotatable bonds is 6. The molecule has 0 radical (unpaired) electrons. The summed E-state index contributed by atoms with van der Waals surface area (Å²) in [5.74, 6) is 0.473. The van der Waals surface area contributed by atoms with Crippen molar-refractivity contribution in [2.75, 3.05) is 13.1 Å². The Labute approximate surface area is 173 Å². The van der Waals surface area contributed by atoms with Crippen LogP contribution < -0.4 is 5.32 Å². The summed E-state index contributed by atoms with van der Waals surface area (Å²) in [6, 6.07) is 30.3. The van der Waals surface area contributed by atoms with E-state index in [1.165, 1.54) is 16.7 Å². The average Bonchev–Trinajstić information content (AvgIpc) is 2.75. The number of benzene rings is 3. The van der Waals surface area contributed by atoms with Crippen LogP contribution in [0.2, 0.25) is 5.02 Å². The first kappa shape index (κ1) is 19.2. The highest BCUT2D eigenvalue weighted by atomic mass is 35.5. The van der Waals surface area contributed by atoms with Crippen LogP contribution in [-0.2, 0) is 13.1 Å². The third-order valence-corrected chi connectivity index (χ3v) is 6.05. The van der Waals surface area contributed by atoms with Crippen LogP contribution in [0.15, 0.2) is 84.9 Å². The molecule has 3 aromatic carbocycles. The SMILES string of the molecule is Clc1ccccc1CN[C@@H]1CCN(Cc2ccccc2)C[C@@H]1c1ccccc1. The molecule has 1 N–H and O–H groups in total. The molecule has 3 aromatic rings. The van der Waals surface area contributed by atoms with Crippen molar-refractivity contribution in [3.8, 4) is 0 Å². The lowest BCUT2D eigenvalue weighted by Gasteiger charge is -2.39. The standard InChI is InChI=1S/C25H27ClN2/c26-24-14-8-7-13-22(24)17-27-25-15-16-28(18-20-9-3-1-4-10-20)19-23(25)21-11-5-2-6-12-21/h1-14,23,25,27H,15-19H2/t23-,25-/m1/s1. The minimum atomic E-state index is 0.450. The van der Waals surface area contributed by atoms with E-state index in [-0.39, 0.29) is 0 Å². The third kappa shape index (κ3) is 4.82. The van der Waals surface area contributed by atoms with Gasteiger partial charge in [0, 0.05) is 43.2 Å². The van der Waals surface area contributed by atoms with Gasteiger partial charge >= 0.3 is 0 Å². The zero-order valence-corrected chi connectivity index (χ0v) is 16.9. The van der Waals surface area contributed by atoms with Gasteiger partial charge in [0.2, 0.25) is 0 Å². The lowest BCUT2D eigenvalue weighted by molar-refractivity contribution is 0.166. The Kier molecular flexibility index (Phi) is 6.43. The molecule has 1 aliphatic heterocycles. The average molecular weight is 391 g/mol. The number of piperidine rings is 1. The first-order valence-corrected chi connectivity index (χ1v) is 10.5. The Balaban J connectivity index is 1.47. The lowest BCUT2D eigenvalue weighted by atomic mass is 9.85. The second-order valence-corrected chi connectivity index (χ2v) is 8.01. The van der Waals surface area contributed by atoms with Crippen LogP contribution in [0.5, 0.6) is 0 Å². The zero-order chi connectivity index (χ0) is 19.2. The minimum Gasteiger partial charge on any atom is -0.309 e. The topological polar surface area (TPSA) is 15.3 Å². The molecule has 0 spiro atoms. The molecule has 0 unspecified atom stereocenters. The molecule has 4 rings (SSSR count). The molecule has 3 heteroatoms. The van der Waals surface area contributed by atoms with Gasteiger partial charge in [-0.3, -0.25) is 4.90 Å². The van der Waals surface area contributed by atoms with Crippen molar-refractivity contribution < 1.29 is 0 Å². The number of nitrogens with one attached hydrogen (secondary N) is 1. The first-order chi connectivity index (χ1) is 13.8. The zero-order valence-electron chi connectivity index (χ0n) is 16.1. The molecule has 0 aliphatic carbocycles. The number of likely N-dealkylation sites (tertiary alicyclic amines) is 1. The summed E-state index contributed by atoms with van der Waals surface area (Å²) >= 11 is 6.36. The van der Waals surface area contributed by atoms with E-state index in [1.807, 2.05) is 12.1 Å². The van der Waals surface area contributed by atoms with E-state index in [2.05, 4.69) is 83.0 Å². The van der Waals surface area contributed by atoms with E-state index in [9.17, 15) is 0 Å². The summed E-state index contributed by atoms with van der Waals surface area (Å²) in [4.78, 5) is 2.58. The molecule has 144 valence electrons. The molecule has 28 heavy (non-hydrogen) atoms. The van der Waals surface area contributed by atoms with Crippen molar-refractivity contribution >= 4 is 11.6 Å². The molecule has 1 saturated heterocycles. The fraction of sp³-hybridized carbons (Fsp3) is 0.280. The van der Waals surface area contributed by atoms with Crippen LogP contribution in [0, 0.1) is 0 Å². The number of hydrogen-bond acceptors (Lipinski definition) is 2. The van der Waals surface area contributed by atoms with E-state index >= 15 is 0 Å². The molecule has 0 saturated carbocycles. The molecule has 0 aromatic heterocycles. The van der Waals surface area contributed by atoms with Gasteiger partial charge in [0.1, 0.15) is 0 Å². The summed E-state index contributed by atoms with van der Waals surface area (Å²) < 4.78 is 0. The fourth-order valence-electron chi connectivity index (χ4n) is 4.17. The normalized spacial score (nSPS) is 20.2.